The molecule has 0 spiro atoms. The fourth-order valence-electron chi connectivity index (χ4n) is 1.89. The first kappa shape index (κ1) is 16.5. The van der Waals surface area contributed by atoms with E-state index in [-0.39, 0.29) is 29.5 Å². The summed E-state index contributed by atoms with van der Waals surface area (Å²) in [7, 11) is 1.75. The van der Waals surface area contributed by atoms with Gasteiger partial charge in [0.25, 0.3) is 0 Å². The van der Waals surface area contributed by atoms with Gasteiger partial charge in [-0.1, -0.05) is 11.6 Å². The van der Waals surface area contributed by atoms with Gasteiger partial charge in [-0.15, -0.1) is 0 Å². The average Bonchev–Trinajstić information content (AvgIpc) is 2.33. The van der Waals surface area contributed by atoms with Gasteiger partial charge in [-0.05, 0) is 33.0 Å². The van der Waals surface area contributed by atoms with Crippen molar-refractivity contribution in [3.63, 3.8) is 0 Å². The Balaban J connectivity index is 2.87. The lowest BCUT2D eigenvalue weighted by Gasteiger charge is -2.18. The third kappa shape index (κ3) is 4.51. The summed E-state index contributed by atoms with van der Waals surface area (Å²) >= 11 is 5.94. The van der Waals surface area contributed by atoms with Crippen LogP contribution in [0, 0.1) is 0 Å². The quantitative estimate of drug-likeness (QED) is 0.786. The molecule has 2 N–H and O–H groups in total. The predicted octanol–water partition coefficient (Wildman–Crippen LogP) is 1.82. The summed E-state index contributed by atoms with van der Waals surface area (Å²) in [5, 5.41) is 13.1. The van der Waals surface area contributed by atoms with E-state index in [1.54, 1.807) is 18.0 Å². The van der Waals surface area contributed by atoms with Crippen molar-refractivity contribution in [1.29, 1.82) is 0 Å². The zero-order chi connectivity index (χ0) is 15.3. The molecule has 5 nitrogen and oxygen atoms in total. The molecule has 1 aromatic carbocycles. The summed E-state index contributed by atoms with van der Waals surface area (Å²) in [5.41, 5.74) is 0.716. The van der Waals surface area contributed by atoms with Crippen LogP contribution in [0.25, 0.3) is 0 Å². The Kier molecular flexibility index (Phi) is 5.98. The normalized spacial score (nSPS) is 10.7. The van der Waals surface area contributed by atoms with Gasteiger partial charge in [0.05, 0.1) is 12.1 Å². The van der Waals surface area contributed by atoms with E-state index in [0.29, 0.717) is 23.7 Å². The molecule has 6 heteroatoms. The predicted molar refractivity (Wildman–Crippen MR) is 78.1 cm³/mol. The number of rotatable bonds is 6. The van der Waals surface area contributed by atoms with Crippen LogP contribution in [0.2, 0.25) is 5.02 Å². The molecule has 20 heavy (non-hydrogen) atoms. The topological polar surface area (TPSA) is 69.6 Å². The molecule has 0 aliphatic rings. The number of halogens is 1. The van der Waals surface area contributed by atoms with Gasteiger partial charge in [0.1, 0.15) is 5.75 Å². The van der Waals surface area contributed by atoms with E-state index in [0.717, 1.165) is 0 Å². The van der Waals surface area contributed by atoms with Crippen molar-refractivity contribution in [2.24, 2.45) is 0 Å². The maximum Gasteiger partial charge on any atom is 0.234 e. The molecule has 0 saturated carbocycles. The maximum atomic E-state index is 11.5. The number of Topliss-reactive ketones (excluding diaryl/α,β-unsaturated/α-hetero) is 1. The van der Waals surface area contributed by atoms with E-state index in [1.165, 1.54) is 13.0 Å². The van der Waals surface area contributed by atoms with E-state index in [9.17, 15) is 14.7 Å². The summed E-state index contributed by atoms with van der Waals surface area (Å²) in [6.07, 6.45) is 0. The summed E-state index contributed by atoms with van der Waals surface area (Å²) in [6, 6.07) is 3.03. The first-order chi connectivity index (χ1) is 9.35. The molecule has 1 aromatic rings. The van der Waals surface area contributed by atoms with Crippen LogP contribution in [0.1, 0.15) is 29.8 Å². The van der Waals surface area contributed by atoms with Gasteiger partial charge in [0.2, 0.25) is 5.91 Å². The number of benzene rings is 1. The third-order valence-electron chi connectivity index (χ3n) is 2.76. The van der Waals surface area contributed by atoms with Crippen LogP contribution in [-0.2, 0) is 11.3 Å². The second-order valence-corrected chi connectivity index (χ2v) is 5.08. The van der Waals surface area contributed by atoms with Gasteiger partial charge >= 0.3 is 0 Å². The Morgan fingerprint density at radius 1 is 1.40 bits per heavy atom. The number of likely N-dealkylation sites (N-methyl/N-ethyl adjacent to an activating group) is 2. The number of phenols is 1. The molecule has 0 radical (unpaired) electrons. The Labute approximate surface area is 123 Å². The SMILES string of the molecule is CCNC(=O)CN(C)Cc1cc(Cl)cc(C(C)=O)c1O. The largest absolute Gasteiger partial charge is 0.507 e. The number of ketones is 1. The van der Waals surface area contributed by atoms with Crippen molar-refractivity contribution in [1.82, 2.24) is 10.2 Å². The number of nitrogens with zero attached hydrogens (tertiary/aromatic N) is 1. The van der Waals surface area contributed by atoms with E-state index in [4.69, 9.17) is 11.6 Å². The first-order valence-electron chi connectivity index (χ1n) is 6.32. The molecule has 0 heterocycles. The van der Waals surface area contributed by atoms with Crippen molar-refractivity contribution in [3.8, 4) is 5.75 Å². The molecule has 0 saturated heterocycles. The van der Waals surface area contributed by atoms with Crippen LogP contribution in [0.4, 0.5) is 0 Å². The zero-order valence-corrected chi connectivity index (χ0v) is 12.6. The highest BCUT2D eigenvalue weighted by atomic mass is 35.5. The second kappa shape index (κ2) is 7.26. The number of carbonyl (C=O) groups excluding carboxylic acids is 2. The molecule has 110 valence electrons. The van der Waals surface area contributed by atoms with Gasteiger partial charge in [0.15, 0.2) is 5.78 Å². The highest BCUT2D eigenvalue weighted by Gasteiger charge is 2.15. The smallest absolute Gasteiger partial charge is 0.234 e. The van der Waals surface area contributed by atoms with Crippen LogP contribution in [-0.4, -0.2) is 41.8 Å². The lowest BCUT2D eigenvalue weighted by Crippen LogP contribution is -2.34. The Hall–Kier alpha value is -1.59. The second-order valence-electron chi connectivity index (χ2n) is 4.64. The van der Waals surface area contributed by atoms with E-state index >= 15 is 0 Å². The Bertz CT molecular complexity index is 517. The minimum Gasteiger partial charge on any atom is -0.507 e. The molecule has 0 fully saturated rings. The van der Waals surface area contributed by atoms with Gasteiger partial charge in [-0.2, -0.15) is 0 Å². The Morgan fingerprint density at radius 2 is 2.05 bits per heavy atom. The number of carbonyl (C=O) groups is 2. The number of aromatic hydroxyl groups is 1. The highest BCUT2D eigenvalue weighted by Crippen LogP contribution is 2.28. The molecule has 0 bridgehead atoms. The van der Waals surface area contributed by atoms with E-state index < -0.39 is 0 Å². The number of hydrogen-bond acceptors (Lipinski definition) is 4. The number of nitrogens with one attached hydrogen (secondary N) is 1. The molecule has 0 atom stereocenters. The molecule has 0 unspecified atom stereocenters. The van der Waals surface area contributed by atoms with E-state index in [1.807, 2.05) is 6.92 Å². The highest BCUT2D eigenvalue weighted by molar-refractivity contribution is 6.31. The number of hydrogen-bond donors (Lipinski definition) is 2. The summed E-state index contributed by atoms with van der Waals surface area (Å²) < 4.78 is 0. The number of phenolic OH excluding ortho intramolecular Hbond substituents is 1. The third-order valence-corrected chi connectivity index (χ3v) is 2.98. The van der Waals surface area contributed by atoms with Crippen LogP contribution >= 0.6 is 11.6 Å². The molecule has 0 aliphatic heterocycles. The monoisotopic (exact) mass is 298 g/mol. The minimum absolute atomic E-state index is 0.0790. The van der Waals surface area contributed by atoms with Crippen molar-refractivity contribution >= 4 is 23.3 Å². The molecular weight excluding hydrogens is 280 g/mol. The summed E-state index contributed by atoms with van der Waals surface area (Å²) in [4.78, 5) is 24.6. The molecule has 0 aliphatic carbocycles. The van der Waals surface area contributed by atoms with Crippen LogP contribution in [0.5, 0.6) is 5.75 Å². The Morgan fingerprint density at radius 3 is 2.60 bits per heavy atom. The molecule has 1 amide bonds. The lowest BCUT2D eigenvalue weighted by molar-refractivity contribution is -0.121. The summed E-state index contributed by atoms with van der Waals surface area (Å²) in [6.45, 7) is 4.32. The lowest BCUT2D eigenvalue weighted by atomic mass is 10.1. The molecular formula is C14H19ClN2O3. The van der Waals surface area contributed by atoms with Crippen LogP contribution in [0.15, 0.2) is 12.1 Å². The van der Waals surface area contributed by atoms with Gasteiger partial charge in [-0.25, -0.2) is 0 Å². The fourth-order valence-corrected chi connectivity index (χ4v) is 2.13. The van der Waals surface area contributed by atoms with Crippen molar-refractivity contribution in [3.05, 3.63) is 28.3 Å². The first-order valence-corrected chi connectivity index (χ1v) is 6.70. The number of amides is 1. The fraction of sp³-hybridized carbons (Fsp3) is 0.429. The van der Waals surface area contributed by atoms with Gasteiger partial charge in [0, 0.05) is 23.7 Å². The van der Waals surface area contributed by atoms with Crippen molar-refractivity contribution in [2.75, 3.05) is 20.1 Å². The molecule has 0 aromatic heterocycles. The van der Waals surface area contributed by atoms with Gasteiger partial charge in [-0.3, -0.25) is 14.5 Å². The summed E-state index contributed by atoms with van der Waals surface area (Å²) in [5.74, 6) is -0.425. The van der Waals surface area contributed by atoms with Crippen LogP contribution in [0.3, 0.4) is 0 Å². The maximum absolute atomic E-state index is 11.5. The van der Waals surface area contributed by atoms with E-state index in [2.05, 4.69) is 5.32 Å². The average molecular weight is 299 g/mol. The van der Waals surface area contributed by atoms with Crippen molar-refractivity contribution < 1.29 is 14.7 Å². The standard InChI is InChI=1S/C14H19ClN2O3/c1-4-16-13(19)8-17(3)7-10-5-11(15)6-12(9(2)18)14(10)20/h5-6,20H,4,7-8H2,1-3H3,(H,16,19). The van der Waals surface area contributed by atoms with Crippen molar-refractivity contribution in [2.45, 2.75) is 20.4 Å². The minimum atomic E-state index is -0.252. The molecule has 1 rings (SSSR count). The zero-order valence-electron chi connectivity index (χ0n) is 11.9. The van der Waals surface area contributed by atoms with Crippen LogP contribution < -0.4 is 5.32 Å². The van der Waals surface area contributed by atoms with Gasteiger partial charge < -0.3 is 10.4 Å².